The third-order valence-electron chi connectivity index (χ3n) is 7.29. The van der Waals surface area contributed by atoms with Crippen molar-refractivity contribution in [3.8, 4) is 0 Å². The molecule has 2 saturated carbocycles. The second kappa shape index (κ2) is 22.2. The molecular weight excluding hydrogens is 364 g/mol. The highest BCUT2D eigenvalue weighted by atomic mass is 16.3. The maximum atomic E-state index is 9.40. The summed E-state index contributed by atoms with van der Waals surface area (Å²) < 4.78 is 0. The second-order valence-electron chi connectivity index (χ2n) is 10.7. The molecule has 1 heteroatoms. The average Bonchev–Trinajstić information content (AvgIpc) is 2.75. The minimum atomic E-state index is 0.0193. The van der Waals surface area contributed by atoms with E-state index in [9.17, 15) is 5.11 Å². The Kier molecular flexibility index (Phi) is 22.1. The highest BCUT2D eigenvalue weighted by molar-refractivity contribution is 4.71. The molecule has 0 radical (unpaired) electrons. The lowest BCUT2D eigenvalue weighted by molar-refractivity contribution is 0.106. The highest BCUT2D eigenvalue weighted by Crippen LogP contribution is 2.28. The van der Waals surface area contributed by atoms with Crippen LogP contribution in [0.25, 0.3) is 0 Å². The first-order chi connectivity index (χ1) is 14.5. The number of aliphatic hydroxyl groups is 1. The molecule has 182 valence electrons. The summed E-state index contributed by atoms with van der Waals surface area (Å²) in [5.41, 5.74) is 0. The molecule has 0 spiro atoms. The van der Waals surface area contributed by atoms with E-state index in [4.69, 9.17) is 0 Å². The quantitative estimate of drug-likeness (QED) is 0.327. The Balaban J connectivity index is 0.000000471. The molecule has 2 fully saturated rings. The van der Waals surface area contributed by atoms with Crippen molar-refractivity contribution in [1.29, 1.82) is 0 Å². The molecule has 2 rings (SSSR count). The van der Waals surface area contributed by atoms with Gasteiger partial charge in [0.2, 0.25) is 0 Å². The number of hydrogen-bond donors (Lipinski definition) is 1. The van der Waals surface area contributed by atoms with E-state index in [1.165, 1.54) is 116 Å². The van der Waals surface area contributed by atoms with E-state index in [-0.39, 0.29) is 6.10 Å². The first-order valence-corrected chi connectivity index (χ1v) is 14.2. The van der Waals surface area contributed by atoms with Crippen molar-refractivity contribution in [1.82, 2.24) is 0 Å². The van der Waals surface area contributed by atoms with Crippen LogP contribution in [0.15, 0.2) is 0 Å². The Morgan fingerprint density at radius 3 is 1.30 bits per heavy atom. The van der Waals surface area contributed by atoms with Gasteiger partial charge in [0.05, 0.1) is 6.10 Å². The zero-order chi connectivity index (χ0) is 22.5. The fourth-order valence-corrected chi connectivity index (χ4v) is 4.75. The predicted octanol–water partition coefficient (Wildman–Crippen LogP) is 10.1. The molecule has 0 heterocycles. The summed E-state index contributed by atoms with van der Waals surface area (Å²) in [6, 6.07) is 0. The fraction of sp³-hybridized carbons (Fsp3) is 1.00. The van der Waals surface area contributed by atoms with E-state index in [1.807, 2.05) is 0 Å². The third-order valence-corrected chi connectivity index (χ3v) is 7.29. The van der Waals surface area contributed by atoms with Crippen molar-refractivity contribution in [3.05, 3.63) is 0 Å². The molecule has 0 aromatic carbocycles. The van der Waals surface area contributed by atoms with Gasteiger partial charge in [0.15, 0.2) is 0 Å². The van der Waals surface area contributed by atoms with Gasteiger partial charge in [-0.3, -0.25) is 0 Å². The summed E-state index contributed by atoms with van der Waals surface area (Å²) in [4.78, 5) is 0. The van der Waals surface area contributed by atoms with Gasteiger partial charge in [0.25, 0.3) is 0 Å². The van der Waals surface area contributed by atoms with E-state index in [0.717, 1.165) is 30.6 Å². The third kappa shape index (κ3) is 19.9. The minimum Gasteiger partial charge on any atom is -0.393 e. The van der Waals surface area contributed by atoms with Crippen molar-refractivity contribution in [2.24, 2.45) is 17.8 Å². The van der Waals surface area contributed by atoms with E-state index in [2.05, 4.69) is 34.6 Å². The molecular formula is C29H60O. The second-order valence-corrected chi connectivity index (χ2v) is 10.7. The number of hydrogen-bond acceptors (Lipinski definition) is 1. The lowest BCUT2D eigenvalue weighted by atomic mass is 9.84. The highest BCUT2D eigenvalue weighted by Gasteiger charge is 2.18. The molecule has 1 nitrogen and oxygen atoms in total. The fourth-order valence-electron chi connectivity index (χ4n) is 4.75. The monoisotopic (exact) mass is 424 g/mol. The van der Waals surface area contributed by atoms with E-state index in [0.29, 0.717) is 0 Å². The van der Waals surface area contributed by atoms with Gasteiger partial charge in [0.1, 0.15) is 0 Å². The van der Waals surface area contributed by atoms with Crippen molar-refractivity contribution in [3.63, 3.8) is 0 Å². The van der Waals surface area contributed by atoms with Crippen LogP contribution in [0.4, 0.5) is 0 Å². The summed E-state index contributed by atoms with van der Waals surface area (Å²) >= 11 is 0. The van der Waals surface area contributed by atoms with Crippen LogP contribution >= 0.6 is 0 Å². The van der Waals surface area contributed by atoms with Crippen LogP contribution < -0.4 is 0 Å². The van der Waals surface area contributed by atoms with Crippen LogP contribution in [0.1, 0.15) is 163 Å². The number of aliphatic hydroxyl groups excluding tert-OH is 1. The smallest absolute Gasteiger partial charge is 0.0540 e. The van der Waals surface area contributed by atoms with E-state index in [1.54, 1.807) is 0 Å². The molecule has 30 heavy (non-hydrogen) atoms. The summed E-state index contributed by atoms with van der Waals surface area (Å²) in [5, 5.41) is 9.40. The van der Waals surface area contributed by atoms with Gasteiger partial charge < -0.3 is 5.11 Å². The van der Waals surface area contributed by atoms with Gasteiger partial charge in [0, 0.05) is 0 Å². The van der Waals surface area contributed by atoms with Gasteiger partial charge in [-0.2, -0.15) is 0 Å². The van der Waals surface area contributed by atoms with Crippen molar-refractivity contribution in [2.45, 2.75) is 169 Å². The summed E-state index contributed by atoms with van der Waals surface area (Å²) in [6.45, 7) is 11.5. The van der Waals surface area contributed by atoms with E-state index >= 15 is 0 Å². The van der Waals surface area contributed by atoms with Crippen LogP contribution in [0.5, 0.6) is 0 Å². The molecule has 0 atom stereocenters. The lowest BCUT2D eigenvalue weighted by Crippen LogP contribution is -2.17. The first-order valence-electron chi connectivity index (χ1n) is 14.2. The van der Waals surface area contributed by atoms with Crippen LogP contribution in [0, 0.1) is 17.8 Å². The predicted molar refractivity (Wildman–Crippen MR) is 137 cm³/mol. The number of rotatable bonds is 11. The van der Waals surface area contributed by atoms with Crippen LogP contribution in [0.2, 0.25) is 0 Å². The van der Waals surface area contributed by atoms with Gasteiger partial charge in [-0.25, -0.2) is 0 Å². The Bertz CT molecular complexity index is 296. The minimum absolute atomic E-state index is 0.0193. The Hall–Kier alpha value is -0.0400. The summed E-state index contributed by atoms with van der Waals surface area (Å²) in [5.74, 6) is 2.97. The van der Waals surface area contributed by atoms with Crippen molar-refractivity contribution < 1.29 is 5.11 Å². The molecule has 0 aliphatic heterocycles. The Morgan fingerprint density at radius 1 is 0.500 bits per heavy atom. The van der Waals surface area contributed by atoms with Gasteiger partial charge in [-0.1, -0.05) is 137 Å². The molecule has 0 saturated heterocycles. The summed E-state index contributed by atoms with van der Waals surface area (Å²) in [7, 11) is 0. The lowest BCUT2D eigenvalue weighted by Gasteiger charge is -2.25. The largest absolute Gasteiger partial charge is 0.393 e. The molecule has 0 unspecified atom stereocenters. The maximum Gasteiger partial charge on any atom is 0.0540 e. The van der Waals surface area contributed by atoms with Gasteiger partial charge >= 0.3 is 0 Å². The topological polar surface area (TPSA) is 20.2 Å². The average molecular weight is 425 g/mol. The first kappa shape index (κ1) is 30.0. The van der Waals surface area contributed by atoms with Crippen LogP contribution in [-0.4, -0.2) is 11.2 Å². The maximum absolute atomic E-state index is 9.40. The van der Waals surface area contributed by atoms with Crippen molar-refractivity contribution in [2.75, 3.05) is 0 Å². The Labute approximate surface area is 192 Å². The molecule has 0 amide bonds. The van der Waals surface area contributed by atoms with E-state index < -0.39 is 0 Å². The van der Waals surface area contributed by atoms with Crippen molar-refractivity contribution >= 4 is 0 Å². The molecule has 0 aromatic heterocycles. The van der Waals surface area contributed by atoms with Crippen LogP contribution in [0.3, 0.4) is 0 Å². The number of unbranched alkanes of at least 4 members (excludes halogenated alkanes) is 9. The zero-order valence-corrected chi connectivity index (χ0v) is 21.9. The Morgan fingerprint density at radius 2 is 0.867 bits per heavy atom. The molecule has 2 aliphatic rings. The van der Waals surface area contributed by atoms with Crippen LogP contribution in [-0.2, 0) is 0 Å². The standard InChI is InChI=1S/C14H28O.C8H16.C7H16/c1-2-3-4-5-6-7-8-13-9-11-14(15)12-10-13;1-7-3-5-8(2)6-4-7;1-3-5-7-6-4-2/h13-15H,2-12H2,1H3;7-8H,3-6H2,1-2H3;3-7H2,1-2H3. The molecule has 1 N–H and O–H groups in total. The molecule has 0 bridgehead atoms. The molecule has 0 aromatic rings. The normalized spacial score (nSPS) is 26.2. The SMILES string of the molecule is CC1CCC(C)CC1.CCCCCCC.CCCCCCCCC1CCC(O)CC1. The summed E-state index contributed by atoms with van der Waals surface area (Å²) in [6.07, 6.45) is 27.5. The van der Waals surface area contributed by atoms with Gasteiger partial charge in [-0.05, 0) is 43.4 Å². The van der Waals surface area contributed by atoms with Gasteiger partial charge in [-0.15, -0.1) is 0 Å². The zero-order valence-electron chi connectivity index (χ0n) is 21.9. The molecule has 2 aliphatic carbocycles.